The molecule has 21 heavy (non-hydrogen) atoms. The summed E-state index contributed by atoms with van der Waals surface area (Å²) in [4.78, 5) is 12.6. The van der Waals surface area contributed by atoms with Crippen LogP contribution in [0.3, 0.4) is 0 Å². The first-order valence-corrected chi connectivity index (χ1v) is 8.10. The fraction of sp³-hybridized carbons (Fsp3) is 0.0625. The van der Waals surface area contributed by atoms with Gasteiger partial charge in [-0.25, -0.2) is 0 Å². The summed E-state index contributed by atoms with van der Waals surface area (Å²) in [5.41, 5.74) is 0.523. The summed E-state index contributed by atoms with van der Waals surface area (Å²) in [5.74, 6) is 1.21. The molecular weight excluding hydrogens is 335 g/mol. The van der Waals surface area contributed by atoms with E-state index in [1.54, 1.807) is 18.4 Å². The summed E-state index contributed by atoms with van der Waals surface area (Å²) in [6.45, 7) is 0.181. The Bertz CT molecular complexity index is 871. The predicted molar refractivity (Wildman–Crippen MR) is 80.1 cm³/mol. The van der Waals surface area contributed by atoms with Crippen molar-refractivity contribution in [1.82, 2.24) is 0 Å². The molecule has 4 nitrogen and oxygen atoms in total. The van der Waals surface area contributed by atoms with E-state index in [9.17, 15) is 4.79 Å². The summed E-state index contributed by atoms with van der Waals surface area (Å²) in [6, 6.07) is 13.3. The maximum absolute atomic E-state index is 12.6. The van der Waals surface area contributed by atoms with Crippen LogP contribution in [0, 0.1) is 0 Å². The first-order valence-electron chi connectivity index (χ1n) is 6.39. The van der Waals surface area contributed by atoms with Crippen LogP contribution >= 0.6 is 0 Å². The molecule has 0 saturated heterocycles. The van der Waals surface area contributed by atoms with Crippen molar-refractivity contribution in [3.8, 4) is 11.5 Å². The fourth-order valence-electron chi connectivity index (χ4n) is 2.19. The summed E-state index contributed by atoms with van der Waals surface area (Å²) in [7, 11) is 0. The van der Waals surface area contributed by atoms with Gasteiger partial charge < -0.3 is 0 Å². The number of benzene rings is 2. The van der Waals surface area contributed by atoms with Crippen LogP contribution < -0.4 is 23.8 Å². The van der Waals surface area contributed by atoms with Crippen molar-refractivity contribution in [2.24, 2.45) is 0 Å². The molecule has 4 rings (SSSR count). The molecule has 1 aliphatic heterocycles. The van der Waals surface area contributed by atoms with E-state index in [1.807, 2.05) is 30.3 Å². The Kier molecular flexibility index (Phi) is 2.95. The van der Waals surface area contributed by atoms with Gasteiger partial charge in [0, 0.05) is 0 Å². The average molecular weight is 345 g/mol. The van der Waals surface area contributed by atoms with E-state index in [4.69, 9.17) is 13.9 Å². The molecule has 0 spiro atoms. The van der Waals surface area contributed by atoms with Gasteiger partial charge in [-0.1, -0.05) is 0 Å². The van der Waals surface area contributed by atoms with Crippen molar-refractivity contribution in [3.63, 3.8) is 0 Å². The van der Waals surface area contributed by atoms with Gasteiger partial charge in [0.05, 0.1) is 0 Å². The van der Waals surface area contributed by atoms with Crippen molar-refractivity contribution < 1.29 is 13.9 Å². The van der Waals surface area contributed by atoms with Crippen LogP contribution in [0.25, 0.3) is 11.0 Å². The molecule has 0 unspecified atom stereocenters. The minimum absolute atomic E-state index is 0.00148. The van der Waals surface area contributed by atoms with Crippen LogP contribution in [0.2, 0.25) is 0 Å². The van der Waals surface area contributed by atoms with E-state index in [1.165, 1.54) is 0 Å². The average Bonchev–Trinajstić information content (AvgIpc) is 2.97. The zero-order valence-corrected chi connectivity index (χ0v) is 12.6. The van der Waals surface area contributed by atoms with E-state index in [0.29, 0.717) is 26.9 Å². The molecule has 2 heterocycles. The third-order valence-corrected chi connectivity index (χ3v) is 5.32. The van der Waals surface area contributed by atoms with Crippen molar-refractivity contribution in [3.05, 3.63) is 59.0 Å². The van der Waals surface area contributed by atoms with Gasteiger partial charge in [-0.15, -0.1) is 0 Å². The van der Waals surface area contributed by atoms with Gasteiger partial charge in [0.1, 0.15) is 0 Å². The van der Waals surface area contributed by atoms with Crippen molar-refractivity contribution in [2.75, 3.05) is 6.79 Å². The standard InChI is InChI=1S/C16H10O4Se/c17-16-11-6-13-14(20-9-19-13)7-12(11)18-8-15(16)21-10-4-2-1-3-5-10/h1-8H,9H2. The molecule has 0 saturated carbocycles. The van der Waals surface area contributed by atoms with Gasteiger partial charge in [-0.05, 0) is 0 Å². The Balaban J connectivity index is 1.83. The van der Waals surface area contributed by atoms with E-state index in [0.717, 1.165) is 4.46 Å². The number of rotatable bonds is 2. The van der Waals surface area contributed by atoms with Gasteiger partial charge in [0.25, 0.3) is 0 Å². The van der Waals surface area contributed by atoms with Crippen LogP contribution in [0.5, 0.6) is 11.5 Å². The summed E-state index contributed by atoms with van der Waals surface area (Å²) < 4.78 is 18.0. The van der Waals surface area contributed by atoms with E-state index in [2.05, 4.69) is 0 Å². The van der Waals surface area contributed by atoms with Crippen molar-refractivity contribution in [2.45, 2.75) is 0 Å². The summed E-state index contributed by atoms with van der Waals surface area (Å²) in [5, 5.41) is 0.537. The molecule has 5 heteroatoms. The van der Waals surface area contributed by atoms with Crippen LogP contribution in [0.15, 0.2) is 57.9 Å². The Morgan fingerprint density at radius 1 is 1.00 bits per heavy atom. The molecule has 0 amide bonds. The number of hydrogen-bond acceptors (Lipinski definition) is 4. The maximum atomic E-state index is 12.6. The molecular formula is C16H10O4Se. The molecule has 0 atom stereocenters. The normalized spacial score (nSPS) is 12.8. The number of ether oxygens (including phenoxy) is 2. The second-order valence-corrected chi connectivity index (χ2v) is 6.89. The Morgan fingerprint density at radius 2 is 1.76 bits per heavy atom. The van der Waals surface area contributed by atoms with E-state index in [-0.39, 0.29) is 27.2 Å². The van der Waals surface area contributed by atoms with E-state index >= 15 is 0 Å². The molecule has 0 bridgehead atoms. The predicted octanol–water partition coefficient (Wildman–Crippen LogP) is 1.18. The SMILES string of the molecule is O=c1c([Se]c2ccccc2)coc2cc3c(cc12)OCO3. The van der Waals surface area contributed by atoms with Gasteiger partial charge in [-0.2, -0.15) is 0 Å². The quantitative estimate of drug-likeness (QED) is 0.655. The minimum atomic E-state index is -0.0770. The molecule has 0 N–H and O–H groups in total. The first kappa shape index (κ1) is 12.5. The fourth-order valence-corrected chi connectivity index (χ4v) is 3.96. The van der Waals surface area contributed by atoms with Crippen molar-refractivity contribution in [1.29, 1.82) is 0 Å². The molecule has 0 radical (unpaired) electrons. The van der Waals surface area contributed by atoms with Crippen LogP contribution in [-0.4, -0.2) is 21.7 Å². The van der Waals surface area contributed by atoms with Gasteiger partial charge in [0.2, 0.25) is 0 Å². The van der Waals surface area contributed by atoms with Crippen LogP contribution in [0.1, 0.15) is 0 Å². The van der Waals surface area contributed by atoms with Crippen molar-refractivity contribution >= 4 is 34.8 Å². The second-order valence-electron chi connectivity index (χ2n) is 4.55. The second kappa shape index (κ2) is 4.95. The molecule has 104 valence electrons. The molecule has 0 aliphatic carbocycles. The molecule has 0 fully saturated rings. The molecule has 2 aromatic carbocycles. The third kappa shape index (κ3) is 2.20. The number of hydrogen-bond donors (Lipinski definition) is 0. The summed E-state index contributed by atoms with van der Waals surface area (Å²) >= 11 is -0.0770. The third-order valence-electron chi connectivity index (χ3n) is 3.21. The Morgan fingerprint density at radius 3 is 2.57 bits per heavy atom. The monoisotopic (exact) mass is 346 g/mol. The van der Waals surface area contributed by atoms with E-state index < -0.39 is 0 Å². The summed E-state index contributed by atoms with van der Waals surface area (Å²) in [6.07, 6.45) is 1.56. The molecule has 1 aliphatic rings. The molecule has 3 aromatic rings. The van der Waals surface area contributed by atoms with Gasteiger partial charge in [0.15, 0.2) is 0 Å². The van der Waals surface area contributed by atoms with Crippen LogP contribution in [0.4, 0.5) is 0 Å². The van der Waals surface area contributed by atoms with Crippen LogP contribution in [-0.2, 0) is 0 Å². The first-order chi connectivity index (χ1) is 10.3. The Labute approximate surface area is 126 Å². The van der Waals surface area contributed by atoms with Gasteiger partial charge >= 0.3 is 126 Å². The zero-order chi connectivity index (χ0) is 14.2. The topological polar surface area (TPSA) is 48.7 Å². The van der Waals surface area contributed by atoms with Gasteiger partial charge in [-0.3, -0.25) is 0 Å². The molecule has 1 aromatic heterocycles. The zero-order valence-electron chi connectivity index (χ0n) is 10.9. The Hall–Kier alpha value is -2.23. The number of fused-ring (bicyclic) bond motifs is 2.